The second-order valence-electron chi connectivity index (χ2n) is 4.54. The monoisotopic (exact) mass is 194 g/mol. The summed E-state index contributed by atoms with van der Waals surface area (Å²) in [5, 5.41) is 8.70. The first kappa shape index (κ1) is 11.5. The Kier molecular flexibility index (Phi) is 3.95. The molecule has 2 heteroatoms. The van der Waals surface area contributed by atoms with Crippen molar-refractivity contribution in [1.82, 2.24) is 4.90 Å². The summed E-state index contributed by atoms with van der Waals surface area (Å²) in [7, 11) is 0. The molecule has 0 spiro atoms. The van der Waals surface area contributed by atoms with Crippen LogP contribution in [-0.4, -0.2) is 24.0 Å². The maximum Gasteiger partial charge on any atom is 0.0638 e. The number of hydrogen-bond donors (Lipinski definition) is 0. The smallest absolute Gasteiger partial charge is 0.0638 e. The van der Waals surface area contributed by atoms with E-state index >= 15 is 0 Å². The zero-order valence-electron chi connectivity index (χ0n) is 9.71. The molecule has 0 saturated carbocycles. The van der Waals surface area contributed by atoms with E-state index < -0.39 is 0 Å². The van der Waals surface area contributed by atoms with Crippen molar-refractivity contribution in [1.29, 1.82) is 5.26 Å². The van der Waals surface area contributed by atoms with Gasteiger partial charge in [0, 0.05) is 19.1 Å². The van der Waals surface area contributed by atoms with Gasteiger partial charge in [-0.3, -0.25) is 4.90 Å². The van der Waals surface area contributed by atoms with E-state index in [9.17, 15) is 0 Å². The lowest BCUT2D eigenvalue weighted by atomic mass is 9.74. The average Bonchev–Trinajstić information content (AvgIpc) is 2.16. The zero-order valence-corrected chi connectivity index (χ0v) is 9.71. The number of hydrogen-bond acceptors (Lipinski definition) is 2. The molecule has 2 nitrogen and oxygen atoms in total. The van der Waals surface area contributed by atoms with Crippen LogP contribution in [0.1, 0.15) is 46.5 Å². The minimum atomic E-state index is 0.506. The molecule has 0 aromatic heterocycles. The van der Waals surface area contributed by atoms with E-state index in [1.165, 1.54) is 25.9 Å². The number of nitriles is 1. The van der Waals surface area contributed by atoms with Gasteiger partial charge in [0.15, 0.2) is 0 Å². The highest BCUT2D eigenvalue weighted by molar-refractivity contribution is 4.97. The third-order valence-electron chi connectivity index (χ3n) is 3.89. The van der Waals surface area contributed by atoms with Gasteiger partial charge in [-0.05, 0) is 24.7 Å². The van der Waals surface area contributed by atoms with Gasteiger partial charge in [0.05, 0.1) is 12.5 Å². The largest absolute Gasteiger partial charge is 0.298 e. The van der Waals surface area contributed by atoms with E-state index in [1.807, 2.05) is 0 Å². The molecule has 0 N–H and O–H groups in total. The first-order valence-electron chi connectivity index (χ1n) is 5.82. The second-order valence-corrected chi connectivity index (χ2v) is 4.54. The van der Waals surface area contributed by atoms with Crippen LogP contribution in [0, 0.1) is 16.7 Å². The minimum absolute atomic E-state index is 0.506. The summed E-state index contributed by atoms with van der Waals surface area (Å²) in [6, 6.07) is 2.80. The van der Waals surface area contributed by atoms with Crippen LogP contribution in [0.5, 0.6) is 0 Å². The zero-order chi connectivity index (χ0) is 10.6. The van der Waals surface area contributed by atoms with Gasteiger partial charge in [-0.2, -0.15) is 5.26 Å². The van der Waals surface area contributed by atoms with Crippen LogP contribution in [0.25, 0.3) is 0 Å². The highest BCUT2D eigenvalue weighted by Gasteiger charge is 2.41. The van der Waals surface area contributed by atoms with Crippen molar-refractivity contribution in [2.75, 3.05) is 13.1 Å². The van der Waals surface area contributed by atoms with Gasteiger partial charge in [0.2, 0.25) is 0 Å². The Morgan fingerprint density at radius 1 is 1.29 bits per heavy atom. The molecule has 1 atom stereocenters. The Balaban J connectivity index is 2.42. The molecule has 80 valence electrons. The van der Waals surface area contributed by atoms with Crippen LogP contribution in [0.2, 0.25) is 0 Å². The molecule has 0 aliphatic carbocycles. The maximum absolute atomic E-state index is 8.70. The highest BCUT2D eigenvalue weighted by Crippen LogP contribution is 2.38. The lowest BCUT2D eigenvalue weighted by Crippen LogP contribution is -2.59. The van der Waals surface area contributed by atoms with Crippen LogP contribution >= 0.6 is 0 Å². The van der Waals surface area contributed by atoms with Crippen molar-refractivity contribution >= 4 is 0 Å². The van der Waals surface area contributed by atoms with Gasteiger partial charge in [-0.15, -0.1) is 0 Å². The molecular weight excluding hydrogens is 172 g/mol. The minimum Gasteiger partial charge on any atom is -0.298 e. The molecule has 0 aromatic rings. The van der Waals surface area contributed by atoms with E-state index in [4.69, 9.17) is 5.26 Å². The van der Waals surface area contributed by atoms with Gasteiger partial charge in [-0.25, -0.2) is 0 Å². The normalized spacial score (nSPS) is 22.4. The third kappa shape index (κ3) is 2.09. The maximum atomic E-state index is 8.70. The van der Waals surface area contributed by atoms with E-state index in [2.05, 4.69) is 31.7 Å². The summed E-state index contributed by atoms with van der Waals surface area (Å²) in [5.41, 5.74) is 0.572. The lowest BCUT2D eigenvalue weighted by molar-refractivity contribution is -0.0366. The van der Waals surface area contributed by atoms with Crippen LogP contribution in [-0.2, 0) is 0 Å². The van der Waals surface area contributed by atoms with Crippen molar-refractivity contribution in [3.05, 3.63) is 0 Å². The molecule has 14 heavy (non-hydrogen) atoms. The van der Waals surface area contributed by atoms with E-state index in [0.29, 0.717) is 17.9 Å². The molecule has 0 bridgehead atoms. The molecular formula is C12H22N2. The number of rotatable bonds is 5. The summed E-state index contributed by atoms with van der Waals surface area (Å²) in [6.45, 7) is 9.17. The van der Waals surface area contributed by atoms with Gasteiger partial charge >= 0.3 is 0 Å². The van der Waals surface area contributed by atoms with Crippen LogP contribution in [0.4, 0.5) is 0 Å². The molecule has 1 aliphatic heterocycles. The molecule has 1 saturated heterocycles. The molecule has 0 aromatic carbocycles. The predicted molar refractivity (Wildman–Crippen MR) is 58.9 cm³/mol. The first-order valence-corrected chi connectivity index (χ1v) is 5.82. The summed E-state index contributed by atoms with van der Waals surface area (Å²) >= 11 is 0. The molecule has 1 fully saturated rings. The average molecular weight is 194 g/mol. The Morgan fingerprint density at radius 2 is 1.86 bits per heavy atom. The van der Waals surface area contributed by atoms with Crippen LogP contribution < -0.4 is 0 Å². The van der Waals surface area contributed by atoms with Crippen LogP contribution in [0.3, 0.4) is 0 Å². The molecule has 1 heterocycles. The van der Waals surface area contributed by atoms with Gasteiger partial charge in [0.25, 0.3) is 0 Å². The van der Waals surface area contributed by atoms with Crippen molar-refractivity contribution in [3.63, 3.8) is 0 Å². The van der Waals surface area contributed by atoms with E-state index in [-0.39, 0.29) is 0 Å². The molecule has 1 aliphatic rings. The Hall–Kier alpha value is -0.550. The second kappa shape index (κ2) is 4.79. The third-order valence-corrected chi connectivity index (χ3v) is 3.89. The SMILES string of the molecule is CCC(CC#N)N1CC(CC)(CC)C1. The van der Waals surface area contributed by atoms with Crippen LogP contribution in [0.15, 0.2) is 0 Å². The fraction of sp³-hybridized carbons (Fsp3) is 0.917. The standard InChI is InChI=1S/C12H22N2/c1-4-11(7-8-13)14-9-12(5-2,6-3)10-14/h11H,4-7,9-10H2,1-3H3. The summed E-state index contributed by atoms with van der Waals surface area (Å²) in [4.78, 5) is 2.48. The Bertz CT molecular complexity index is 205. The van der Waals surface area contributed by atoms with E-state index in [1.54, 1.807) is 0 Å². The highest BCUT2D eigenvalue weighted by atomic mass is 15.2. The number of likely N-dealkylation sites (tertiary alicyclic amines) is 1. The summed E-state index contributed by atoms with van der Waals surface area (Å²) in [6.07, 6.45) is 4.36. The molecule has 1 unspecified atom stereocenters. The summed E-state index contributed by atoms with van der Waals surface area (Å²) in [5.74, 6) is 0. The molecule has 0 amide bonds. The summed E-state index contributed by atoms with van der Waals surface area (Å²) < 4.78 is 0. The Morgan fingerprint density at radius 3 is 2.21 bits per heavy atom. The lowest BCUT2D eigenvalue weighted by Gasteiger charge is -2.52. The fourth-order valence-electron chi connectivity index (χ4n) is 2.41. The van der Waals surface area contributed by atoms with Gasteiger partial charge in [-0.1, -0.05) is 20.8 Å². The topological polar surface area (TPSA) is 27.0 Å². The van der Waals surface area contributed by atoms with Crippen molar-refractivity contribution in [2.45, 2.75) is 52.5 Å². The van der Waals surface area contributed by atoms with Crippen molar-refractivity contribution in [2.24, 2.45) is 5.41 Å². The predicted octanol–water partition coefficient (Wildman–Crippen LogP) is 2.80. The van der Waals surface area contributed by atoms with E-state index in [0.717, 1.165) is 6.42 Å². The van der Waals surface area contributed by atoms with Gasteiger partial charge < -0.3 is 0 Å². The Labute approximate surface area is 87.9 Å². The molecule has 0 radical (unpaired) electrons. The van der Waals surface area contributed by atoms with Crippen molar-refractivity contribution in [3.8, 4) is 6.07 Å². The fourth-order valence-corrected chi connectivity index (χ4v) is 2.41. The quantitative estimate of drug-likeness (QED) is 0.673. The van der Waals surface area contributed by atoms with Gasteiger partial charge in [0.1, 0.15) is 0 Å². The number of nitrogens with zero attached hydrogens (tertiary/aromatic N) is 2. The van der Waals surface area contributed by atoms with Crippen molar-refractivity contribution < 1.29 is 0 Å². The first-order chi connectivity index (χ1) is 6.71. The molecule has 1 rings (SSSR count).